The fraction of sp³-hybridized carbons (Fsp3) is 0.571. The summed E-state index contributed by atoms with van der Waals surface area (Å²) in [6.07, 6.45) is -2.79. The molecule has 0 amide bonds. The van der Waals surface area contributed by atoms with Crippen molar-refractivity contribution in [3.05, 3.63) is 34.9 Å². The number of alkyl halides is 3. The first-order valence-electron chi connectivity index (χ1n) is 6.57. The van der Waals surface area contributed by atoms with E-state index in [2.05, 4.69) is 0 Å². The lowest BCUT2D eigenvalue weighted by molar-refractivity contribution is -0.152. The molecule has 1 aliphatic rings. The fourth-order valence-corrected chi connectivity index (χ4v) is 2.84. The van der Waals surface area contributed by atoms with Crippen molar-refractivity contribution < 1.29 is 13.2 Å². The van der Waals surface area contributed by atoms with Crippen LogP contribution in [0.25, 0.3) is 0 Å². The molecule has 0 bridgehead atoms. The highest BCUT2D eigenvalue weighted by molar-refractivity contribution is 5.36. The molecule has 5 heteroatoms. The summed E-state index contributed by atoms with van der Waals surface area (Å²) in [4.78, 5) is 1.53. The van der Waals surface area contributed by atoms with Crippen LogP contribution in [-0.4, -0.2) is 24.2 Å². The second-order valence-electron chi connectivity index (χ2n) is 5.00. The molecule has 0 saturated carbocycles. The van der Waals surface area contributed by atoms with Gasteiger partial charge in [-0.1, -0.05) is 25.1 Å². The minimum atomic E-state index is -4.14. The third kappa shape index (κ3) is 3.28. The molecule has 2 nitrogen and oxygen atoms in total. The van der Waals surface area contributed by atoms with Gasteiger partial charge in [-0.25, -0.2) is 0 Å². The topological polar surface area (TPSA) is 29.3 Å². The highest BCUT2D eigenvalue weighted by atomic mass is 19.4. The molecule has 1 aromatic carbocycles. The van der Waals surface area contributed by atoms with Crippen molar-refractivity contribution >= 4 is 0 Å². The molecule has 0 radical (unpaired) electrons. The number of fused-ring (bicyclic) bond motifs is 1. The van der Waals surface area contributed by atoms with Gasteiger partial charge in [-0.2, -0.15) is 13.2 Å². The first kappa shape index (κ1) is 14.3. The van der Waals surface area contributed by atoms with Gasteiger partial charge < -0.3 is 5.73 Å². The first-order valence-corrected chi connectivity index (χ1v) is 6.57. The highest BCUT2D eigenvalue weighted by Gasteiger charge is 2.36. The van der Waals surface area contributed by atoms with E-state index >= 15 is 0 Å². The van der Waals surface area contributed by atoms with Crippen molar-refractivity contribution in [2.24, 2.45) is 5.73 Å². The summed E-state index contributed by atoms with van der Waals surface area (Å²) in [5.74, 6) is 0. The van der Waals surface area contributed by atoms with Gasteiger partial charge in [-0.3, -0.25) is 4.90 Å². The maximum absolute atomic E-state index is 12.6. The van der Waals surface area contributed by atoms with E-state index in [0.717, 1.165) is 16.7 Å². The molecule has 1 aliphatic heterocycles. The van der Waals surface area contributed by atoms with E-state index in [4.69, 9.17) is 5.73 Å². The number of nitrogens with two attached hydrogens (primary N) is 1. The molecule has 0 aliphatic carbocycles. The Balaban J connectivity index is 2.26. The Kier molecular flexibility index (Phi) is 4.16. The molecule has 19 heavy (non-hydrogen) atoms. The average molecular weight is 272 g/mol. The van der Waals surface area contributed by atoms with E-state index in [1.165, 1.54) is 4.90 Å². The van der Waals surface area contributed by atoms with Crippen molar-refractivity contribution in [3.63, 3.8) is 0 Å². The second kappa shape index (κ2) is 5.51. The smallest absolute Gasteiger partial charge is 0.326 e. The molecular formula is C14H19F3N2. The quantitative estimate of drug-likeness (QED) is 0.916. The molecule has 0 fully saturated rings. The first-order chi connectivity index (χ1) is 8.94. The number of halogens is 3. The number of hydrogen-bond donors (Lipinski definition) is 1. The van der Waals surface area contributed by atoms with Gasteiger partial charge in [0.15, 0.2) is 0 Å². The van der Waals surface area contributed by atoms with Gasteiger partial charge in [-0.05, 0) is 29.5 Å². The van der Waals surface area contributed by atoms with Crippen molar-refractivity contribution in [1.29, 1.82) is 0 Å². The van der Waals surface area contributed by atoms with Gasteiger partial charge in [0.2, 0.25) is 0 Å². The number of benzene rings is 1. The molecule has 1 unspecified atom stereocenters. The van der Waals surface area contributed by atoms with Crippen molar-refractivity contribution in [3.8, 4) is 0 Å². The lowest BCUT2D eigenvalue weighted by Gasteiger charge is -2.37. The Bertz CT molecular complexity index is 443. The minimum Gasteiger partial charge on any atom is -0.326 e. The number of nitrogens with zero attached hydrogens (tertiary/aromatic N) is 1. The standard InChI is InChI=1S/C14H19F3N2/c1-2-13-12-4-3-10(8-18)7-11(12)5-6-19(13)9-14(15,16)17/h3-4,7,13H,2,5-6,8-9,18H2,1H3. The predicted octanol–water partition coefficient (Wildman–Crippen LogP) is 3.02. The van der Waals surface area contributed by atoms with Gasteiger partial charge in [0.25, 0.3) is 0 Å². The fourth-order valence-electron chi connectivity index (χ4n) is 2.84. The molecule has 0 saturated heterocycles. The van der Waals surface area contributed by atoms with Gasteiger partial charge in [-0.15, -0.1) is 0 Å². The van der Waals surface area contributed by atoms with Crippen LogP contribution in [0.2, 0.25) is 0 Å². The highest BCUT2D eigenvalue weighted by Crippen LogP contribution is 2.34. The average Bonchev–Trinajstić information content (AvgIpc) is 2.36. The van der Waals surface area contributed by atoms with Crippen molar-refractivity contribution in [2.75, 3.05) is 13.1 Å². The lowest BCUT2D eigenvalue weighted by atomic mass is 9.89. The SMILES string of the molecule is CCC1c2ccc(CN)cc2CCN1CC(F)(F)F. The molecule has 106 valence electrons. The van der Waals surface area contributed by atoms with Crippen LogP contribution in [0.5, 0.6) is 0 Å². The predicted molar refractivity (Wildman–Crippen MR) is 68.7 cm³/mol. The Hall–Kier alpha value is -1.07. The molecule has 2 N–H and O–H groups in total. The van der Waals surface area contributed by atoms with Crippen LogP contribution in [0.15, 0.2) is 18.2 Å². The van der Waals surface area contributed by atoms with Gasteiger partial charge >= 0.3 is 6.18 Å². The second-order valence-corrected chi connectivity index (χ2v) is 5.00. The van der Waals surface area contributed by atoms with Crippen LogP contribution in [-0.2, 0) is 13.0 Å². The maximum Gasteiger partial charge on any atom is 0.401 e. The van der Waals surface area contributed by atoms with Crippen LogP contribution >= 0.6 is 0 Å². The summed E-state index contributed by atoms with van der Waals surface area (Å²) >= 11 is 0. The van der Waals surface area contributed by atoms with Crippen LogP contribution in [0.4, 0.5) is 13.2 Å². The van der Waals surface area contributed by atoms with E-state index in [1.807, 2.05) is 25.1 Å². The van der Waals surface area contributed by atoms with E-state index in [9.17, 15) is 13.2 Å². The Labute approximate surface area is 111 Å². The third-order valence-electron chi connectivity index (χ3n) is 3.68. The number of rotatable bonds is 3. The Morgan fingerprint density at radius 3 is 2.68 bits per heavy atom. The van der Waals surface area contributed by atoms with E-state index in [1.54, 1.807) is 0 Å². The lowest BCUT2D eigenvalue weighted by Crippen LogP contribution is -2.41. The molecule has 1 atom stereocenters. The van der Waals surface area contributed by atoms with Crippen LogP contribution < -0.4 is 5.73 Å². The number of hydrogen-bond acceptors (Lipinski definition) is 2. The van der Waals surface area contributed by atoms with Gasteiger partial charge in [0.05, 0.1) is 6.54 Å². The van der Waals surface area contributed by atoms with E-state index < -0.39 is 12.7 Å². The van der Waals surface area contributed by atoms with Crippen LogP contribution in [0.3, 0.4) is 0 Å². The van der Waals surface area contributed by atoms with Crippen LogP contribution in [0, 0.1) is 0 Å². The summed E-state index contributed by atoms with van der Waals surface area (Å²) in [5.41, 5.74) is 8.81. The molecule has 0 spiro atoms. The summed E-state index contributed by atoms with van der Waals surface area (Å²) in [7, 11) is 0. The molecule has 0 aromatic heterocycles. The zero-order valence-corrected chi connectivity index (χ0v) is 11.0. The maximum atomic E-state index is 12.6. The molecule has 1 aromatic rings. The van der Waals surface area contributed by atoms with Crippen molar-refractivity contribution in [2.45, 2.75) is 38.5 Å². The zero-order valence-electron chi connectivity index (χ0n) is 11.0. The largest absolute Gasteiger partial charge is 0.401 e. The van der Waals surface area contributed by atoms with E-state index in [-0.39, 0.29) is 6.04 Å². The zero-order chi connectivity index (χ0) is 14.0. The summed E-state index contributed by atoms with van der Waals surface area (Å²) in [6, 6.07) is 5.74. The monoisotopic (exact) mass is 272 g/mol. The molecule has 2 rings (SSSR count). The Morgan fingerprint density at radius 2 is 2.11 bits per heavy atom. The summed E-state index contributed by atoms with van der Waals surface area (Å²) in [6.45, 7) is 2.03. The van der Waals surface area contributed by atoms with Crippen molar-refractivity contribution in [1.82, 2.24) is 4.90 Å². The molecule has 1 heterocycles. The third-order valence-corrected chi connectivity index (χ3v) is 3.68. The van der Waals surface area contributed by atoms with Gasteiger partial charge in [0, 0.05) is 19.1 Å². The minimum absolute atomic E-state index is 0.141. The van der Waals surface area contributed by atoms with Gasteiger partial charge in [0.1, 0.15) is 0 Å². The van der Waals surface area contributed by atoms with E-state index in [0.29, 0.717) is 25.9 Å². The summed E-state index contributed by atoms with van der Waals surface area (Å²) in [5, 5.41) is 0. The molecular weight excluding hydrogens is 253 g/mol. The Morgan fingerprint density at radius 1 is 1.37 bits per heavy atom. The normalized spacial score (nSPS) is 20.4. The van der Waals surface area contributed by atoms with Crippen LogP contribution in [0.1, 0.15) is 36.1 Å². The summed E-state index contributed by atoms with van der Waals surface area (Å²) < 4.78 is 37.8.